The van der Waals surface area contributed by atoms with E-state index in [1.165, 1.54) is 11.1 Å². The maximum absolute atomic E-state index is 4.76. The number of aryl methyl sites for hydroxylation is 3. The molecule has 0 aliphatic heterocycles. The molecule has 116 valence electrons. The molecule has 2 aromatic heterocycles. The van der Waals surface area contributed by atoms with E-state index < -0.39 is 0 Å². The summed E-state index contributed by atoms with van der Waals surface area (Å²) in [6.07, 6.45) is 4.90. The van der Waals surface area contributed by atoms with Crippen LogP contribution >= 0.6 is 0 Å². The summed E-state index contributed by atoms with van der Waals surface area (Å²) >= 11 is 0. The smallest absolute Gasteiger partial charge is 0.178 e. The van der Waals surface area contributed by atoms with Crippen molar-refractivity contribution < 1.29 is 0 Å². The molecule has 0 amide bonds. The standard InChI is InChI=1S/C20H21N3/c1-15-16(2)22-20(19-12-6-7-14-21-19)23-18(15)13-8-11-17-9-4-3-5-10-17/h3-7,9-10,12,14H,8,11,13H2,1-2H3. The topological polar surface area (TPSA) is 38.7 Å². The molecule has 1 aromatic carbocycles. The fourth-order valence-corrected chi connectivity index (χ4v) is 2.65. The van der Waals surface area contributed by atoms with Crippen LogP contribution in [0.25, 0.3) is 11.5 Å². The molecule has 0 saturated heterocycles. The zero-order valence-electron chi connectivity index (χ0n) is 13.7. The predicted molar refractivity (Wildman–Crippen MR) is 93.2 cm³/mol. The molecule has 0 spiro atoms. The highest BCUT2D eigenvalue weighted by atomic mass is 14.9. The van der Waals surface area contributed by atoms with Gasteiger partial charge in [0.25, 0.3) is 0 Å². The quantitative estimate of drug-likeness (QED) is 0.704. The van der Waals surface area contributed by atoms with Gasteiger partial charge in [-0.05, 0) is 56.4 Å². The molecule has 3 rings (SSSR count). The molecule has 3 heteroatoms. The average molecular weight is 303 g/mol. The number of benzene rings is 1. The zero-order chi connectivity index (χ0) is 16.1. The van der Waals surface area contributed by atoms with Gasteiger partial charge in [0.2, 0.25) is 0 Å². The Bertz CT molecular complexity index is 768. The summed E-state index contributed by atoms with van der Waals surface area (Å²) < 4.78 is 0. The first-order valence-electron chi connectivity index (χ1n) is 8.03. The van der Waals surface area contributed by atoms with Gasteiger partial charge in [0, 0.05) is 17.6 Å². The lowest BCUT2D eigenvalue weighted by Crippen LogP contribution is -2.04. The first-order chi connectivity index (χ1) is 11.2. The molecule has 0 radical (unpaired) electrons. The minimum atomic E-state index is 0.725. The fourth-order valence-electron chi connectivity index (χ4n) is 2.65. The zero-order valence-corrected chi connectivity index (χ0v) is 13.7. The monoisotopic (exact) mass is 303 g/mol. The maximum atomic E-state index is 4.76. The molecular formula is C20H21N3. The lowest BCUT2D eigenvalue weighted by molar-refractivity contribution is 0.785. The number of nitrogens with zero attached hydrogens (tertiary/aromatic N) is 3. The molecule has 3 aromatic rings. The van der Waals surface area contributed by atoms with E-state index in [4.69, 9.17) is 4.98 Å². The second kappa shape index (κ2) is 7.14. The van der Waals surface area contributed by atoms with Gasteiger partial charge < -0.3 is 0 Å². The third-order valence-electron chi connectivity index (χ3n) is 4.11. The van der Waals surface area contributed by atoms with Crippen LogP contribution in [0.5, 0.6) is 0 Å². The van der Waals surface area contributed by atoms with Gasteiger partial charge in [-0.25, -0.2) is 9.97 Å². The Labute approximate surface area is 137 Å². The van der Waals surface area contributed by atoms with Gasteiger partial charge in [-0.3, -0.25) is 4.98 Å². The molecule has 23 heavy (non-hydrogen) atoms. The van der Waals surface area contributed by atoms with Crippen LogP contribution in [0, 0.1) is 13.8 Å². The van der Waals surface area contributed by atoms with Crippen molar-refractivity contribution in [2.24, 2.45) is 0 Å². The van der Waals surface area contributed by atoms with E-state index in [0.717, 1.165) is 42.2 Å². The highest BCUT2D eigenvalue weighted by Gasteiger charge is 2.10. The normalized spacial score (nSPS) is 10.7. The molecule has 0 fully saturated rings. The minimum absolute atomic E-state index is 0.725. The van der Waals surface area contributed by atoms with Crippen molar-refractivity contribution in [3.05, 3.63) is 77.2 Å². The van der Waals surface area contributed by atoms with Crippen LogP contribution in [0.1, 0.15) is 28.9 Å². The van der Waals surface area contributed by atoms with Gasteiger partial charge in [0.15, 0.2) is 5.82 Å². The van der Waals surface area contributed by atoms with Gasteiger partial charge in [-0.2, -0.15) is 0 Å². The SMILES string of the molecule is Cc1nc(-c2ccccn2)nc(CCCc2ccccc2)c1C. The van der Waals surface area contributed by atoms with Crippen molar-refractivity contribution >= 4 is 0 Å². The second-order valence-electron chi connectivity index (χ2n) is 5.76. The van der Waals surface area contributed by atoms with Crippen LogP contribution in [-0.2, 0) is 12.8 Å². The van der Waals surface area contributed by atoms with Crippen LogP contribution < -0.4 is 0 Å². The maximum Gasteiger partial charge on any atom is 0.178 e. The Morgan fingerprint density at radius 1 is 0.826 bits per heavy atom. The highest BCUT2D eigenvalue weighted by molar-refractivity contribution is 5.49. The van der Waals surface area contributed by atoms with Crippen LogP contribution in [0.4, 0.5) is 0 Å². The number of hydrogen-bond acceptors (Lipinski definition) is 3. The molecule has 0 atom stereocenters. The van der Waals surface area contributed by atoms with E-state index in [2.05, 4.69) is 47.2 Å². The summed E-state index contributed by atoms with van der Waals surface area (Å²) in [7, 11) is 0. The Morgan fingerprint density at radius 3 is 2.35 bits per heavy atom. The Hall–Kier alpha value is -2.55. The van der Waals surface area contributed by atoms with E-state index in [0.29, 0.717) is 0 Å². The second-order valence-corrected chi connectivity index (χ2v) is 5.76. The van der Waals surface area contributed by atoms with E-state index in [9.17, 15) is 0 Å². The van der Waals surface area contributed by atoms with Crippen molar-refractivity contribution in [2.45, 2.75) is 33.1 Å². The Morgan fingerprint density at radius 2 is 1.61 bits per heavy atom. The lowest BCUT2D eigenvalue weighted by atomic mass is 10.0. The van der Waals surface area contributed by atoms with Crippen molar-refractivity contribution in [2.75, 3.05) is 0 Å². The summed E-state index contributed by atoms with van der Waals surface area (Å²) in [6.45, 7) is 4.15. The number of pyridine rings is 1. The highest BCUT2D eigenvalue weighted by Crippen LogP contribution is 2.18. The summed E-state index contributed by atoms with van der Waals surface area (Å²) in [5, 5.41) is 0. The first kappa shape index (κ1) is 15.3. The van der Waals surface area contributed by atoms with Crippen molar-refractivity contribution in [1.82, 2.24) is 15.0 Å². The fraction of sp³-hybridized carbons (Fsp3) is 0.250. The largest absolute Gasteiger partial charge is 0.253 e. The van der Waals surface area contributed by atoms with Gasteiger partial charge >= 0.3 is 0 Å². The summed E-state index contributed by atoms with van der Waals surface area (Å²) in [5.74, 6) is 0.725. The first-order valence-corrected chi connectivity index (χ1v) is 8.03. The van der Waals surface area contributed by atoms with Crippen LogP contribution in [0.3, 0.4) is 0 Å². The average Bonchev–Trinajstić information content (AvgIpc) is 2.60. The molecule has 0 N–H and O–H groups in total. The summed E-state index contributed by atoms with van der Waals surface area (Å²) in [6, 6.07) is 16.4. The summed E-state index contributed by atoms with van der Waals surface area (Å²) in [5.41, 5.74) is 5.57. The van der Waals surface area contributed by atoms with E-state index in [-0.39, 0.29) is 0 Å². The van der Waals surface area contributed by atoms with E-state index in [1.54, 1.807) is 6.20 Å². The van der Waals surface area contributed by atoms with Gasteiger partial charge in [-0.15, -0.1) is 0 Å². The molecule has 3 nitrogen and oxygen atoms in total. The van der Waals surface area contributed by atoms with E-state index >= 15 is 0 Å². The number of aromatic nitrogens is 3. The van der Waals surface area contributed by atoms with Crippen LogP contribution in [0.2, 0.25) is 0 Å². The Kier molecular flexibility index (Phi) is 4.77. The predicted octanol–water partition coefficient (Wildman–Crippen LogP) is 4.33. The molecule has 0 aliphatic rings. The van der Waals surface area contributed by atoms with Crippen LogP contribution in [-0.4, -0.2) is 15.0 Å². The van der Waals surface area contributed by atoms with E-state index in [1.807, 2.05) is 25.1 Å². The number of hydrogen-bond donors (Lipinski definition) is 0. The van der Waals surface area contributed by atoms with Crippen molar-refractivity contribution in [1.29, 1.82) is 0 Å². The molecule has 0 bridgehead atoms. The van der Waals surface area contributed by atoms with Gasteiger partial charge in [-0.1, -0.05) is 36.4 Å². The third kappa shape index (κ3) is 3.81. The van der Waals surface area contributed by atoms with Crippen molar-refractivity contribution in [3.63, 3.8) is 0 Å². The third-order valence-corrected chi connectivity index (χ3v) is 4.11. The van der Waals surface area contributed by atoms with Crippen LogP contribution in [0.15, 0.2) is 54.7 Å². The number of rotatable bonds is 5. The molecule has 0 unspecified atom stereocenters. The molecule has 0 saturated carbocycles. The van der Waals surface area contributed by atoms with Crippen molar-refractivity contribution in [3.8, 4) is 11.5 Å². The molecule has 2 heterocycles. The lowest BCUT2D eigenvalue weighted by Gasteiger charge is -2.10. The Balaban J connectivity index is 1.77. The molecular weight excluding hydrogens is 282 g/mol. The van der Waals surface area contributed by atoms with Gasteiger partial charge in [0.05, 0.1) is 0 Å². The molecule has 0 aliphatic carbocycles. The minimum Gasteiger partial charge on any atom is -0.253 e. The van der Waals surface area contributed by atoms with Gasteiger partial charge in [0.1, 0.15) is 5.69 Å². The summed E-state index contributed by atoms with van der Waals surface area (Å²) in [4.78, 5) is 13.7.